The number of aromatic nitrogens is 2. The maximum Gasteiger partial charge on any atom is 0.161 e. The average molecular weight is 267 g/mol. The summed E-state index contributed by atoms with van der Waals surface area (Å²) < 4.78 is 13.0. The van der Waals surface area contributed by atoms with E-state index >= 15 is 0 Å². The quantitative estimate of drug-likeness (QED) is 0.906. The maximum absolute atomic E-state index is 6.52. The Bertz CT molecular complexity index is 422. The molecule has 1 saturated carbocycles. The fourth-order valence-electron chi connectivity index (χ4n) is 3.08. The van der Waals surface area contributed by atoms with Gasteiger partial charge in [0, 0.05) is 14.2 Å². The van der Waals surface area contributed by atoms with E-state index in [9.17, 15) is 0 Å². The molecule has 0 aliphatic heterocycles. The minimum atomic E-state index is -0.298. The Kier molecular flexibility index (Phi) is 4.16. The molecule has 1 aromatic rings. The molecule has 1 aliphatic carbocycles. The normalized spacial score (nSPS) is 29.2. The van der Waals surface area contributed by atoms with Gasteiger partial charge in [-0.15, -0.1) is 0 Å². The number of methoxy groups -OCH3 is 2. The maximum atomic E-state index is 6.52. The number of nitrogens with two attached hydrogens (primary N) is 1. The van der Waals surface area contributed by atoms with Crippen molar-refractivity contribution in [2.24, 2.45) is 18.7 Å². The largest absolute Gasteiger partial charge is 0.493 e. The van der Waals surface area contributed by atoms with Crippen molar-refractivity contribution in [3.05, 3.63) is 11.9 Å². The van der Waals surface area contributed by atoms with Crippen LogP contribution in [0.2, 0.25) is 0 Å². The van der Waals surface area contributed by atoms with E-state index in [-0.39, 0.29) is 11.6 Å². The van der Waals surface area contributed by atoms with E-state index in [1.807, 2.05) is 7.05 Å². The van der Waals surface area contributed by atoms with Gasteiger partial charge in [-0.25, -0.2) is 0 Å². The second kappa shape index (κ2) is 5.51. The third-order valence-corrected chi connectivity index (χ3v) is 4.56. The minimum absolute atomic E-state index is 0.215. The van der Waals surface area contributed by atoms with Crippen LogP contribution in [0.5, 0.6) is 5.75 Å². The van der Waals surface area contributed by atoms with Crippen molar-refractivity contribution in [3.8, 4) is 5.75 Å². The highest BCUT2D eigenvalue weighted by Gasteiger charge is 2.42. The molecule has 108 valence electrons. The number of nitrogens with zero attached hydrogens (tertiary/aromatic N) is 2. The Labute approximate surface area is 115 Å². The molecule has 0 amide bonds. The Hall–Kier alpha value is -1.07. The monoisotopic (exact) mass is 267 g/mol. The molecular weight excluding hydrogens is 242 g/mol. The fourth-order valence-corrected chi connectivity index (χ4v) is 3.08. The average Bonchev–Trinajstić information content (AvgIpc) is 2.80. The molecule has 19 heavy (non-hydrogen) atoms. The molecule has 1 aromatic heterocycles. The van der Waals surface area contributed by atoms with E-state index in [2.05, 4.69) is 12.0 Å². The second-order valence-electron chi connectivity index (χ2n) is 5.65. The first-order chi connectivity index (χ1) is 9.04. The highest BCUT2D eigenvalue weighted by Crippen LogP contribution is 2.43. The predicted molar refractivity (Wildman–Crippen MR) is 74.1 cm³/mol. The van der Waals surface area contributed by atoms with Gasteiger partial charge in [0.05, 0.1) is 30.6 Å². The third-order valence-electron chi connectivity index (χ3n) is 4.56. The molecule has 2 rings (SSSR count). The van der Waals surface area contributed by atoms with Crippen molar-refractivity contribution >= 4 is 0 Å². The molecule has 1 fully saturated rings. The zero-order valence-electron chi connectivity index (χ0n) is 12.3. The van der Waals surface area contributed by atoms with Crippen LogP contribution in [0.1, 0.15) is 44.3 Å². The smallest absolute Gasteiger partial charge is 0.161 e. The van der Waals surface area contributed by atoms with Gasteiger partial charge in [0.2, 0.25) is 0 Å². The summed E-state index contributed by atoms with van der Waals surface area (Å²) in [5.41, 5.74) is 7.13. The molecule has 0 spiro atoms. The first kappa shape index (κ1) is 14.3. The van der Waals surface area contributed by atoms with E-state index in [0.29, 0.717) is 0 Å². The van der Waals surface area contributed by atoms with E-state index in [4.69, 9.17) is 15.2 Å². The number of hydrogen-bond acceptors (Lipinski definition) is 4. The number of hydrogen-bond donors (Lipinski definition) is 1. The van der Waals surface area contributed by atoms with Crippen LogP contribution in [0.3, 0.4) is 0 Å². The van der Waals surface area contributed by atoms with Crippen LogP contribution in [0.25, 0.3) is 0 Å². The van der Waals surface area contributed by atoms with Gasteiger partial charge in [-0.2, -0.15) is 5.10 Å². The topological polar surface area (TPSA) is 62.3 Å². The van der Waals surface area contributed by atoms with Crippen LogP contribution in [-0.4, -0.2) is 29.6 Å². The van der Waals surface area contributed by atoms with Gasteiger partial charge >= 0.3 is 0 Å². The van der Waals surface area contributed by atoms with Crippen LogP contribution in [0, 0.1) is 5.92 Å². The van der Waals surface area contributed by atoms with E-state index in [1.165, 1.54) is 0 Å². The van der Waals surface area contributed by atoms with Gasteiger partial charge in [-0.3, -0.25) is 4.68 Å². The second-order valence-corrected chi connectivity index (χ2v) is 5.65. The lowest BCUT2D eigenvalue weighted by Gasteiger charge is -2.42. The SMILES string of the molecule is COc1cnn(C)c1C(N)C1(OC)CCC(C)CC1. The first-order valence-corrected chi connectivity index (χ1v) is 6.90. The van der Waals surface area contributed by atoms with Crippen LogP contribution in [0.4, 0.5) is 0 Å². The van der Waals surface area contributed by atoms with Gasteiger partial charge in [0.15, 0.2) is 5.75 Å². The van der Waals surface area contributed by atoms with Crippen molar-refractivity contribution in [1.29, 1.82) is 0 Å². The lowest BCUT2D eigenvalue weighted by Crippen LogP contribution is -2.46. The zero-order chi connectivity index (χ0) is 14.0. The fraction of sp³-hybridized carbons (Fsp3) is 0.786. The van der Waals surface area contributed by atoms with Crippen molar-refractivity contribution < 1.29 is 9.47 Å². The third kappa shape index (κ3) is 2.49. The molecular formula is C14H25N3O2. The first-order valence-electron chi connectivity index (χ1n) is 6.90. The summed E-state index contributed by atoms with van der Waals surface area (Å²) in [7, 11) is 5.31. The highest BCUT2D eigenvalue weighted by molar-refractivity contribution is 5.30. The van der Waals surface area contributed by atoms with Crippen LogP contribution in [-0.2, 0) is 11.8 Å². The number of aryl methyl sites for hydroxylation is 1. The Morgan fingerprint density at radius 1 is 1.42 bits per heavy atom. The summed E-state index contributed by atoms with van der Waals surface area (Å²) in [6.45, 7) is 2.29. The molecule has 0 saturated heterocycles. The lowest BCUT2D eigenvalue weighted by atomic mass is 9.74. The van der Waals surface area contributed by atoms with Crippen LogP contribution >= 0.6 is 0 Å². The minimum Gasteiger partial charge on any atom is -0.493 e. The van der Waals surface area contributed by atoms with Gasteiger partial charge in [-0.05, 0) is 31.6 Å². The molecule has 1 heterocycles. The molecule has 5 nitrogen and oxygen atoms in total. The molecule has 0 aromatic carbocycles. The summed E-state index contributed by atoms with van der Waals surface area (Å²) >= 11 is 0. The van der Waals surface area contributed by atoms with Gasteiger partial charge in [0.25, 0.3) is 0 Å². The van der Waals surface area contributed by atoms with E-state index in [1.54, 1.807) is 25.1 Å². The van der Waals surface area contributed by atoms with Gasteiger partial charge < -0.3 is 15.2 Å². The molecule has 0 radical (unpaired) electrons. The molecule has 1 atom stereocenters. The van der Waals surface area contributed by atoms with Crippen molar-refractivity contribution in [2.45, 2.75) is 44.2 Å². The predicted octanol–water partition coefficient (Wildman–Crippen LogP) is 2.02. The van der Waals surface area contributed by atoms with Crippen molar-refractivity contribution in [1.82, 2.24) is 9.78 Å². The number of rotatable bonds is 4. The number of ether oxygens (including phenoxy) is 2. The van der Waals surface area contributed by atoms with Crippen molar-refractivity contribution in [3.63, 3.8) is 0 Å². The Morgan fingerprint density at radius 2 is 2.05 bits per heavy atom. The molecule has 1 aliphatic rings. The summed E-state index contributed by atoms with van der Waals surface area (Å²) in [4.78, 5) is 0. The molecule has 1 unspecified atom stereocenters. The molecule has 2 N–H and O–H groups in total. The van der Waals surface area contributed by atoms with Gasteiger partial charge in [-0.1, -0.05) is 6.92 Å². The Morgan fingerprint density at radius 3 is 2.58 bits per heavy atom. The van der Waals surface area contributed by atoms with Crippen LogP contribution in [0.15, 0.2) is 6.20 Å². The zero-order valence-corrected chi connectivity index (χ0v) is 12.3. The van der Waals surface area contributed by atoms with E-state index < -0.39 is 0 Å². The summed E-state index contributed by atoms with van der Waals surface area (Å²) in [6.07, 6.45) is 5.99. The highest BCUT2D eigenvalue weighted by atomic mass is 16.5. The lowest BCUT2D eigenvalue weighted by molar-refractivity contribution is -0.0691. The summed E-state index contributed by atoms with van der Waals surface area (Å²) in [5.74, 6) is 1.49. The summed E-state index contributed by atoms with van der Waals surface area (Å²) in [5, 5.41) is 4.24. The Balaban J connectivity index is 2.30. The summed E-state index contributed by atoms with van der Waals surface area (Å²) in [6, 6.07) is -0.215. The van der Waals surface area contributed by atoms with Gasteiger partial charge in [0.1, 0.15) is 0 Å². The standard InChI is InChI=1S/C14H25N3O2/c1-10-5-7-14(19-4,8-6-10)13(15)12-11(18-3)9-16-17(12)2/h9-10,13H,5-8,15H2,1-4H3. The molecule has 0 bridgehead atoms. The van der Waals surface area contributed by atoms with Crippen molar-refractivity contribution in [2.75, 3.05) is 14.2 Å². The molecule has 5 heteroatoms. The van der Waals surface area contributed by atoms with E-state index in [0.717, 1.165) is 43.0 Å². The van der Waals surface area contributed by atoms with Crippen LogP contribution < -0.4 is 10.5 Å².